The third-order valence-corrected chi connectivity index (χ3v) is 6.38. The fourth-order valence-electron chi connectivity index (χ4n) is 4.15. The molecule has 1 aromatic heterocycles. The van der Waals surface area contributed by atoms with Crippen LogP contribution < -0.4 is 10.6 Å². The zero-order valence-electron chi connectivity index (χ0n) is 21.4. The largest absolute Gasteiger partial charge is 0.480 e. The first kappa shape index (κ1) is 27.6. The number of fused-ring (bicyclic) bond motifs is 1. The van der Waals surface area contributed by atoms with Crippen molar-refractivity contribution in [1.82, 2.24) is 15.2 Å². The third-order valence-electron chi connectivity index (χ3n) is 6.38. The first-order chi connectivity index (χ1) is 17.4. The van der Waals surface area contributed by atoms with E-state index in [0.717, 1.165) is 4.90 Å². The van der Waals surface area contributed by atoms with Gasteiger partial charge in [-0.05, 0) is 57.5 Å². The van der Waals surface area contributed by atoms with Crippen LogP contribution in [0, 0.1) is 19.7 Å². The van der Waals surface area contributed by atoms with E-state index in [0.29, 0.717) is 40.4 Å². The van der Waals surface area contributed by atoms with Crippen LogP contribution in [-0.2, 0) is 19.1 Å². The number of ether oxygens (including phenoxy) is 1. The number of amides is 3. The van der Waals surface area contributed by atoms with E-state index >= 15 is 0 Å². The number of aliphatic carboxylic acids is 1. The van der Waals surface area contributed by atoms with Gasteiger partial charge >= 0.3 is 5.97 Å². The second kappa shape index (κ2) is 11.4. The molecule has 0 saturated heterocycles. The molecular formula is C26H31FN4O6. The van der Waals surface area contributed by atoms with Crippen LogP contribution in [0.2, 0.25) is 0 Å². The van der Waals surface area contributed by atoms with E-state index in [2.05, 4.69) is 15.6 Å². The Bertz CT molecular complexity index is 1270. The number of anilines is 1. The van der Waals surface area contributed by atoms with Crippen molar-refractivity contribution in [2.75, 3.05) is 25.5 Å². The molecule has 0 radical (unpaired) electrons. The van der Waals surface area contributed by atoms with Gasteiger partial charge in [0.05, 0.1) is 23.7 Å². The summed E-state index contributed by atoms with van der Waals surface area (Å²) >= 11 is 0. The first-order valence-corrected chi connectivity index (χ1v) is 11.8. The summed E-state index contributed by atoms with van der Waals surface area (Å²) in [6.07, 6.45) is 0.830. The van der Waals surface area contributed by atoms with Crippen molar-refractivity contribution in [3.8, 4) is 0 Å². The summed E-state index contributed by atoms with van der Waals surface area (Å²) in [7, 11) is 1.41. The van der Waals surface area contributed by atoms with Gasteiger partial charge in [-0.25, -0.2) is 9.18 Å². The van der Waals surface area contributed by atoms with Crippen molar-refractivity contribution < 1.29 is 33.4 Å². The molecule has 1 aliphatic rings. The average Bonchev–Trinajstić information content (AvgIpc) is 3.30. The Morgan fingerprint density at radius 3 is 2.62 bits per heavy atom. The maximum atomic E-state index is 13.8. The fraction of sp³-hybridized carbons (Fsp3) is 0.385. The number of aromatic nitrogens is 1. The van der Waals surface area contributed by atoms with Crippen molar-refractivity contribution in [2.24, 2.45) is 0 Å². The minimum atomic E-state index is -1.12. The molecule has 0 aliphatic carbocycles. The second-order valence-corrected chi connectivity index (χ2v) is 8.88. The number of H-pyrrole nitrogens is 1. The van der Waals surface area contributed by atoms with Crippen LogP contribution in [0.5, 0.6) is 0 Å². The van der Waals surface area contributed by atoms with Gasteiger partial charge in [-0.15, -0.1) is 0 Å². The Morgan fingerprint density at radius 2 is 1.97 bits per heavy atom. The number of likely N-dealkylation sites (N-methyl/N-ethyl adjacent to an activating group) is 1. The molecule has 198 valence electrons. The van der Waals surface area contributed by atoms with Crippen molar-refractivity contribution in [1.29, 1.82) is 0 Å². The number of hydrogen-bond acceptors (Lipinski definition) is 5. The van der Waals surface area contributed by atoms with Gasteiger partial charge in [-0.1, -0.05) is 0 Å². The number of aromatic amines is 1. The Hall–Kier alpha value is -3.99. The highest BCUT2D eigenvalue weighted by Gasteiger charge is 2.27. The van der Waals surface area contributed by atoms with Crippen molar-refractivity contribution >= 4 is 41.0 Å². The van der Waals surface area contributed by atoms with Gasteiger partial charge in [0.15, 0.2) is 0 Å². The van der Waals surface area contributed by atoms with Crippen LogP contribution in [0.15, 0.2) is 18.2 Å². The fourth-order valence-corrected chi connectivity index (χ4v) is 4.15. The zero-order chi connectivity index (χ0) is 27.4. The predicted molar refractivity (Wildman–Crippen MR) is 135 cm³/mol. The number of carbonyl (C=O) groups is 4. The monoisotopic (exact) mass is 514 g/mol. The molecule has 0 spiro atoms. The van der Waals surface area contributed by atoms with E-state index in [1.165, 1.54) is 32.2 Å². The lowest BCUT2D eigenvalue weighted by Gasteiger charge is -2.24. The Morgan fingerprint density at radius 1 is 1.27 bits per heavy atom. The zero-order valence-corrected chi connectivity index (χ0v) is 21.4. The number of hydrogen-bond donors (Lipinski definition) is 4. The number of nitrogens with one attached hydrogen (secondary N) is 3. The third kappa shape index (κ3) is 6.05. The van der Waals surface area contributed by atoms with Gasteiger partial charge in [0, 0.05) is 42.8 Å². The predicted octanol–water partition coefficient (Wildman–Crippen LogP) is 2.72. The molecule has 0 bridgehead atoms. The number of halogens is 1. The van der Waals surface area contributed by atoms with Gasteiger partial charge in [-0.2, -0.15) is 0 Å². The van der Waals surface area contributed by atoms with E-state index in [9.17, 15) is 23.6 Å². The van der Waals surface area contributed by atoms with Gasteiger partial charge in [0.25, 0.3) is 11.8 Å². The Labute approximate surface area is 213 Å². The molecule has 1 aliphatic heterocycles. The molecule has 0 fully saturated rings. The van der Waals surface area contributed by atoms with Crippen LogP contribution in [-0.4, -0.2) is 71.0 Å². The SMILES string of the molecule is CCOC(CNC(=O)c1c(C)[nH]c(/C=C2\C(=O)Nc3ccc(F)cc32)c1C)CC(=O)N(C)C(C)C(=O)O. The normalized spacial score (nSPS) is 15.2. The molecule has 37 heavy (non-hydrogen) atoms. The van der Waals surface area contributed by atoms with E-state index in [-0.39, 0.29) is 24.4 Å². The molecule has 10 nitrogen and oxygen atoms in total. The minimum Gasteiger partial charge on any atom is -0.480 e. The number of carbonyl (C=O) groups excluding carboxylic acids is 3. The topological polar surface area (TPSA) is 141 Å². The number of nitrogens with zero attached hydrogens (tertiary/aromatic N) is 1. The van der Waals surface area contributed by atoms with E-state index in [4.69, 9.17) is 9.84 Å². The van der Waals surface area contributed by atoms with Gasteiger partial charge in [0.1, 0.15) is 11.9 Å². The summed E-state index contributed by atoms with van der Waals surface area (Å²) in [5.41, 5.74) is 3.30. The summed E-state index contributed by atoms with van der Waals surface area (Å²) in [5.74, 6) is -2.78. The number of aryl methyl sites for hydroxylation is 1. The molecule has 4 N–H and O–H groups in total. The summed E-state index contributed by atoms with van der Waals surface area (Å²) in [6.45, 7) is 6.95. The highest BCUT2D eigenvalue weighted by Crippen LogP contribution is 2.34. The second-order valence-electron chi connectivity index (χ2n) is 8.88. The maximum Gasteiger partial charge on any atom is 0.326 e. The highest BCUT2D eigenvalue weighted by atomic mass is 19.1. The number of carboxylic acids is 1. The molecule has 0 saturated carbocycles. The van der Waals surface area contributed by atoms with E-state index in [1.54, 1.807) is 26.8 Å². The van der Waals surface area contributed by atoms with Crippen molar-refractivity contribution in [3.05, 3.63) is 52.1 Å². The molecule has 3 rings (SSSR count). The molecule has 2 heterocycles. The molecule has 2 atom stereocenters. The lowest BCUT2D eigenvalue weighted by atomic mass is 10.0. The number of rotatable bonds is 10. The van der Waals surface area contributed by atoms with Crippen LogP contribution in [0.25, 0.3) is 11.6 Å². The highest BCUT2D eigenvalue weighted by molar-refractivity contribution is 6.34. The summed E-state index contributed by atoms with van der Waals surface area (Å²) in [6, 6.07) is 3.05. The average molecular weight is 515 g/mol. The van der Waals surface area contributed by atoms with Crippen molar-refractivity contribution in [3.63, 3.8) is 0 Å². The van der Waals surface area contributed by atoms with Crippen molar-refractivity contribution in [2.45, 2.75) is 46.3 Å². The molecule has 3 amide bonds. The summed E-state index contributed by atoms with van der Waals surface area (Å²) in [5, 5.41) is 14.6. The Kier molecular flexibility index (Phi) is 8.49. The minimum absolute atomic E-state index is 0.0310. The molecule has 11 heteroatoms. The number of benzene rings is 1. The van der Waals surface area contributed by atoms with Crippen LogP contribution >= 0.6 is 0 Å². The van der Waals surface area contributed by atoms with Crippen LogP contribution in [0.3, 0.4) is 0 Å². The molecule has 1 aromatic carbocycles. The summed E-state index contributed by atoms with van der Waals surface area (Å²) in [4.78, 5) is 53.4. The molecule has 2 unspecified atom stereocenters. The standard InChI is InChI=1S/C26H31FN4O6/c1-6-37-17(10-22(32)31(5)15(4)26(35)36)12-28-25(34)23-13(2)21(29-14(23)3)11-19-18-9-16(27)7-8-20(18)30-24(19)33/h7-9,11,15,17,29H,6,10,12H2,1-5H3,(H,28,34)(H,30,33)(H,35,36)/b19-11-. The van der Waals surface area contributed by atoms with E-state index in [1.807, 2.05) is 0 Å². The van der Waals surface area contributed by atoms with Crippen LogP contribution in [0.4, 0.5) is 10.1 Å². The maximum absolute atomic E-state index is 13.8. The lowest BCUT2D eigenvalue weighted by molar-refractivity contribution is -0.149. The van der Waals surface area contributed by atoms with Gasteiger partial charge in [0.2, 0.25) is 5.91 Å². The lowest BCUT2D eigenvalue weighted by Crippen LogP contribution is -2.43. The quantitative estimate of drug-likeness (QED) is 0.360. The smallest absolute Gasteiger partial charge is 0.326 e. The molecular weight excluding hydrogens is 483 g/mol. The number of carboxylic acid groups (broad SMARTS) is 1. The van der Waals surface area contributed by atoms with Crippen LogP contribution in [0.1, 0.15) is 53.1 Å². The van der Waals surface area contributed by atoms with Gasteiger partial charge in [-0.3, -0.25) is 14.4 Å². The summed E-state index contributed by atoms with van der Waals surface area (Å²) < 4.78 is 19.4. The first-order valence-electron chi connectivity index (χ1n) is 11.8. The van der Waals surface area contributed by atoms with E-state index < -0.39 is 35.7 Å². The van der Waals surface area contributed by atoms with Gasteiger partial charge < -0.3 is 30.4 Å². The molecule has 2 aromatic rings. The Balaban J connectivity index is 1.75.